The average molecular weight is 256 g/mol. The van der Waals surface area contributed by atoms with Gasteiger partial charge in [-0.05, 0) is 24.7 Å². The molecular weight excluding hydrogens is 228 g/mol. The quantitative estimate of drug-likeness (QED) is 0.743. The number of hydrogen-bond donors (Lipinski definition) is 1. The summed E-state index contributed by atoms with van der Waals surface area (Å²) in [5, 5.41) is 10.1. The average Bonchev–Trinajstić information content (AvgIpc) is 2.78. The topological polar surface area (TPSA) is 46.5 Å². The van der Waals surface area contributed by atoms with Gasteiger partial charge in [0.05, 0.1) is 12.7 Å². The molecule has 0 aromatic rings. The summed E-state index contributed by atoms with van der Waals surface area (Å²) in [7, 11) is 0. The lowest BCUT2D eigenvalue weighted by Gasteiger charge is -2.32. The number of aliphatic hydroxyl groups excluding tert-OH is 1. The van der Waals surface area contributed by atoms with E-state index in [0.29, 0.717) is 18.9 Å². The van der Waals surface area contributed by atoms with E-state index in [1.165, 1.54) is 12.8 Å². The highest BCUT2D eigenvalue weighted by atomic mass is 16.5. The first-order valence-electron chi connectivity index (χ1n) is 7.16. The van der Waals surface area contributed by atoms with E-state index in [4.69, 9.17) is 4.74 Å². The van der Waals surface area contributed by atoms with E-state index in [2.05, 4.69) is 0 Å². The van der Waals surface area contributed by atoms with Crippen molar-refractivity contribution in [2.24, 2.45) is 17.3 Å². The predicted octanol–water partition coefficient (Wildman–Crippen LogP) is 3.15. The molecule has 1 aliphatic carbocycles. The minimum atomic E-state index is -0.447. The fraction of sp³-hybridized carbons (Fsp3) is 0.933. The zero-order valence-electron chi connectivity index (χ0n) is 12.2. The van der Waals surface area contributed by atoms with Gasteiger partial charge in [-0.25, -0.2) is 0 Å². The van der Waals surface area contributed by atoms with E-state index in [1.807, 2.05) is 27.7 Å². The molecular formula is C15H28O3. The molecule has 3 heteroatoms. The Morgan fingerprint density at radius 1 is 1.33 bits per heavy atom. The predicted molar refractivity (Wildman–Crippen MR) is 72.2 cm³/mol. The van der Waals surface area contributed by atoms with E-state index >= 15 is 0 Å². The zero-order chi connectivity index (χ0) is 13.8. The third kappa shape index (κ3) is 4.60. The van der Waals surface area contributed by atoms with Crippen LogP contribution in [0.5, 0.6) is 0 Å². The summed E-state index contributed by atoms with van der Waals surface area (Å²) in [6.45, 7) is 8.15. The van der Waals surface area contributed by atoms with Crippen molar-refractivity contribution in [1.29, 1.82) is 0 Å². The molecule has 0 spiro atoms. The van der Waals surface area contributed by atoms with Crippen LogP contribution in [0.25, 0.3) is 0 Å². The highest BCUT2D eigenvalue weighted by Gasteiger charge is 2.32. The normalized spacial score (nSPS) is 19.2. The Morgan fingerprint density at radius 3 is 2.39 bits per heavy atom. The maximum atomic E-state index is 11.7. The molecule has 1 fully saturated rings. The second kappa shape index (κ2) is 6.55. The summed E-state index contributed by atoms with van der Waals surface area (Å²) >= 11 is 0. The lowest BCUT2D eigenvalue weighted by Crippen LogP contribution is -2.38. The molecule has 0 aromatic carbocycles. The summed E-state index contributed by atoms with van der Waals surface area (Å²) in [6.07, 6.45) is 4.91. The molecule has 0 bridgehead atoms. The van der Waals surface area contributed by atoms with Gasteiger partial charge < -0.3 is 9.84 Å². The molecule has 106 valence electrons. The van der Waals surface area contributed by atoms with Gasteiger partial charge in [-0.1, -0.05) is 40.5 Å². The molecule has 0 heterocycles. The highest BCUT2D eigenvalue weighted by Crippen LogP contribution is 2.29. The molecule has 0 aromatic heterocycles. The number of esters is 1. The van der Waals surface area contributed by atoms with Crippen LogP contribution in [0.15, 0.2) is 0 Å². The monoisotopic (exact) mass is 256 g/mol. The van der Waals surface area contributed by atoms with E-state index in [0.717, 1.165) is 12.8 Å². The van der Waals surface area contributed by atoms with Crippen LogP contribution < -0.4 is 0 Å². The third-order valence-electron chi connectivity index (χ3n) is 3.97. The fourth-order valence-electron chi connectivity index (χ4n) is 2.76. The summed E-state index contributed by atoms with van der Waals surface area (Å²) in [4.78, 5) is 11.7. The van der Waals surface area contributed by atoms with Crippen LogP contribution in [0.4, 0.5) is 0 Å². The van der Waals surface area contributed by atoms with Gasteiger partial charge in [-0.3, -0.25) is 4.79 Å². The number of aliphatic hydroxyl groups is 1. The first-order valence-corrected chi connectivity index (χ1v) is 7.16. The Labute approximate surface area is 111 Å². The van der Waals surface area contributed by atoms with Crippen molar-refractivity contribution in [2.45, 2.75) is 65.9 Å². The largest absolute Gasteiger partial charge is 0.465 e. The number of ether oxygens (including phenoxy) is 1. The standard InChI is InChI=1S/C15H28O3/c1-11(2)14(17)15(3,4)10-18-13(16)9-12-7-5-6-8-12/h11-12,14,17H,5-10H2,1-4H3. The minimum absolute atomic E-state index is 0.106. The second-order valence-corrected chi connectivity index (χ2v) is 6.69. The van der Waals surface area contributed by atoms with Crippen LogP contribution in [0.2, 0.25) is 0 Å². The van der Waals surface area contributed by atoms with E-state index in [1.54, 1.807) is 0 Å². The molecule has 0 aliphatic heterocycles. The van der Waals surface area contributed by atoms with Crippen molar-refractivity contribution < 1.29 is 14.6 Å². The van der Waals surface area contributed by atoms with Crippen molar-refractivity contribution in [3.63, 3.8) is 0 Å². The Balaban J connectivity index is 2.32. The molecule has 0 saturated heterocycles. The van der Waals surface area contributed by atoms with Crippen LogP contribution in [-0.2, 0) is 9.53 Å². The van der Waals surface area contributed by atoms with Gasteiger partial charge in [0.2, 0.25) is 0 Å². The molecule has 1 unspecified atom stereocenters. The van der Waals surface area contributed by atoms with Gasteiger partial charge >= 0.3 is 5.97 Å². The van der Waals surface area contributed by atoms with Crippen LogP contribution in [-0.4, -0.2) is 23.8 Å². The SMILES string of the molecule is CC(C)C(O)C(C)(C)COC(=O)CC1CCCC1. The van der Waals surface area contributed by atoms with Gasteiger partial charge in [-0.2, -0.15) is 0 Å². The smallest absolute Gasteiger partial charge is 0.306 e. The summed E-state index contributed by atoms with van der Waals surface area (Å²) < 4.78 is 5.34. The molecule has 1 rings (SSSR count). The highest BCUT2D eigenvalue weighted by molar-refractivity contribution is 5.69. The van der Waals surface area contributed by atoms with Crippen molar-refractivity contribution in [2.75, 3.05) is 6.61 Å². The first kappa shape index (κ1) is 15.5. The zero-order valence-corrected chi connectivity index (χ0v) is 12.2. The van der Waals surface area contributed by atoms with Crippen LogP contribution in [0.1, 0.15) is 59.8 Å². The van der Waals surface area contributed by atoms with Crippen LogP contribution >= 0.6 is 0 Å². The first-order chi connectivity index (χ1) is 8.33. The molecule has 0 amide bonds. The lowest BCUT2D eigenvalue weighted by molar-refractivity contribution is -0.151. The maximum Gasteiger partial charge on any atom is 0.306 e. The molecule has 1 aliphatic rings. The molecule has 3 nitrogen and oxygen atoms in total. The van der Waals surface area contributed by atoms with Crippen LogP contribution in [0.3, 0.4) is 0 Å². The van der Waals surface area contributed by atoms with Gasteiger partial charge in [0.15, 0.2) is 0 Å². The molecule has 18 heavy (non-hydrogen) atoms. The molecule has 1 N–H and O–H groups in total. The van der Waals surface area contributed by atoms with Crippen molar-refractivity contribution in [3.8, 4) is 0 Å². The Hall–Kier alpha value is -0.570. The number of carbonyl (C=O) groups is 1. The van der Waals surface area contributed by atoms with Crippen molar-refractivity contribution in [1.82, 2.24) is 0 Å². The summed E-state index contributed by atoms with van der Waals surface area (Å²) in [6, 6.07) is 0. The molecule has 0 radical (unpaired) electrons. The maximum absolute atomic E-state index is 11.7. The number of rotatable bonds is 6. The van der Waals surface area contributed by atoms with E-state index in [9.17, 15) is 9.90 Å². The molecule has 1 atom stereocenters. The lowest BCUT2D eigenvalue weighted by atomic mass is 9.81. The van der Waals surface area contributed by atoms with Gasteiger partial charge in [0, 0.05) is 11.8 Å². The second-order valence-electron chi connectivity index (χ2n) is 6.69. The minimum Gasteiger partial charge on any atom is -0.465 e. The Morgan fingerprint density at radius 2 is 1.89 bits per heavy atom. The van der Waals surface area contributed by atoms with Gasteiger partial charge in [0.1, 0.15) is 0 Å². The fourth-order valence-corrected chi connectivity index (χ4v) is 2.76. The number of hydrogen-bond acceptors (Lipinski definition) is 3. The van der Waals surface area contributed by atoms with Gasteiger partial charge in [0.25, 0.3) is 0 Å². The van der Waals surface area contributed by atoms with E-state index in [-0.39, 0.29) is 17.3 Å². The summed E-state index contributed by atoms with van der Waals surface area (Å²) in [5.74, 6) is 0.593. The number of carbonyl (C=O) groups excluding carboxylic acids is 1. The van der Waals surface area contributed by atoms with Crippen molar-refractivity contribution in [3.05, 3.63) is 0 Å². The van der Waals surface area contributed by atoms with Gasteiger partial charge in [-0.15, -0.1) is 0 Å². The van der Waals surface area contributed by atoms with Crippen LogP contribution in [0, 0.1) is 17.3 Å². The Bertz CT molecular complexity index is 265. The Kier molecular flexibility index (Phi) is 5.64. The van der Waals surface area contributed by atoms with E-state index < -0.39 is 6.10 Å². The summed E-state index contributed by atoms with van der Waals surface area (Å²) in [5.41, 5.74) is -0.375. The van der Waals surface area contributed by atoms with Crippen molar-refractivity contribution >= 4 is 5.97 Å². The molecule has 1 saturated carbocycles. The third-order valence-corrected chi connectivity index (χ3v) is 3.97.